The van der Waals surface area contributed by atoms with Gasteiger partial charge in [0.25, 0.3) is 5.91 Å². The molecule has 1 aromatic carbocycles. The number of esters is 1. The van der Waals surface area contributed by atoms with Gasteiger partial charge >= 0.3 is 11.9 Å². The van der Waals surface area contributed by atoms with Crippen molar-refractivity contribution in [2.24, 2.45) is 0 Å². The molecule has 0 atom stereocenters. The molecule has 2 rings (SSSR count). The van der Waals surface area contributed by atoms with Crippen LogP contribution < -0.4 is 15.6 Å². The number of carbonyl (C=O) groups is 3. The van der Waals surface area contributed by atoms with Crippen LogP contribution in [0.5, 0.6) is 5.75 Å². The first-order chi connectivity index (χ1) is 11.6. The van der Waals surface area contributed by atoms with E-state index in [1.807, 2.05) is 0 Å². The first-order valence-electron chi connectivity index (χ1n) is 6.99. The molecule has 1 heterocycles. The lowest BCUT2D eigenvalue weighted by atomic mass is 10.1. The van der Waals surface area contributed by atoms with Crippen LogP contribution in [0.3, 0.4) is 0 Å². The van der Waals surface area contributed by atoms with Gasteiger partial charge < -0.3 is 13.9 Å². The minimum absolute atomic E-state index is 0.00321. The molecule has 126 valence electrons. The molecule has 0 unspecified atom stereocenters. The highest BCUT2D eigenvalue weighted by atomic mass is 16.5. The van der Waals surface area contributed by atoms with Crippen LogP contribution in [0.4, 0.5) is 0 Å². The van der Waals surface area contributed by atoms with Crippen molar-refractivity contribution in [3.8, 4) is 5.75 Å². The molecule has 0 aliphatic rings. The predicted octanol–water partition coefficient (Wildman–Crippen LogP) is 0.835. The minimum Gasteiger partial charge on any atom is -0.497 e. The van der Waals surface area contributed by atoms with Gasteiger partial charge in [-0.1, -0.05) is 12.1 Å². The van der Waals surface area contributed by atoms with E-state index in [0.717, 1.165) is 0 Å². The smallest absolute Gasteiger partial charge is 0.310 e. The van der Waals surface area contributed by atoms with Crippen molar-refractivity contribution < 1.29 is 28.3 Å². The molecule has 2 aromatic rings. The summed E-state index contributed by atoms with van der Waals surface area (Å²) < 4.78 is 14.7. The molecule has 0 fully saturated rings. The van der Waals surface area contributed by atoms with Gasteiger partial charge in [-0.05, 0) is 29.8 Å². The number of furan rings is 1. The summed E-state index contributed by atoms with van der Waals surface area (Å²) in [7, 11) is 1.53. The number of hydrogen-bond donors (Lipinski definition) is 2. The van der Waals surface area contributed by atoms with Gasteiger partial charge in [0.05, 0.1) is 19.8 Å². The van der Waals surface area contributed by atoms with Crippen molar-refractivity contribution in [2.45, 2.75) is 6.42 Å². The Balaban J connectivity index is 1.71. The third-order valence-electron chi connectivity index (χ3n) is 2.91. The normalized spacial score (nSPS) is 9.88. The van der Waals surface area contributed by atoms with E-state index < -0.39 is 24.4 Å². The van der Waals surface area contributed by atoms with E-state index in [1.54, 1.807) is 24.3 Å². The second kappa shape index (κ2) is 8.37. The zero-order chi connectivity index (χ0) is 17.4. The number of nitrogens with one attached hydrogen (secondary N) is 2. The first kappa shape index (κ1) is 17.1. The first-order valence-corrected chi connectivity index (χ1v) is 6.99. The number of methoxy groups -OCH3 is 1. The van der Waals surface area contributed by atoms with Gasteiger partial charge in [0.1, 0.15) is 5.75 Å². The Morgan fingerprint density at radius 1 is 1.12 bits per heavy atom. The van der Waals surface area contributed by atoms with Crippen LogP contribution in [-0.2, 0) is 20.7 Å². The highest BCUT2D eigenvalue weighted by molar-refractivity contribution is 5.93. The van der Waals surface area contributed by atoms with Crippen molar-refractivity contribution in [3.05, 3.63) is 54.0 Å². The van der Waals surface area contributed by atoms with Crippen LogP contribution in [-0.4, -0.2) is 31.5 Å². The maximum atomic E-state index is 11.7. The lowest BCUT2D eigenvalue weighted by Gasteiger charge is -2.07. The van der Waals surface area contributed by atoms with E-state index in [2.05, 4.69) is 10.9 Å². The third-order valence-corrected chi connectivity index (χ3v) is 2.91. The van der Waals surface area contributed by atoms with E-state index in [9.17, 15) is 14.4 Å². The molecule has 1 aromatic heterocycles. The van der Waals surface area contributed by atoms with E-state index in [-0.39, 0.29) is 12.2 Å². The molecule has 0 spiro atoms. The quantitative estimate of drug-likeness (QED) is 0.599. The van der Waals surface area contributed by atoms with Gasteiger partial charge in [-0.25, -0.2) is 0 Å². The number of carbonyl (C=O) groups excluding carboxylic acids is 3. The van der Waals surface area contributed by atoms with Crippen LogP contribution in [0.15, 0.2) is 47.1 Å². The third kappa shape index (κ3) is 5.16. The lowest BCUT2D eigenvalue weighted by Crippen LogP contribution is -2.43. The maximum absolute atomic E-state index is 11.7. The summed E-state index contributed by atoms with van der Waals surface area (Å²) in [5.41, 5.74) is 4.95. The predicted molar refractivity (Wildman–Crippen MR) is 82.0 cm³/mol. The van der Waals surface area contributed by atoms with E-state index in [4.69, 9.17) is 13.9 Å². The highest BCUT2D eigenvalue weighted by Crippen LogP contribution is 2.13. The number of rotatable bonds is 6. The zero-order valence-corrected chi connectivity index (χ0v) is 12.9. The molecular weight excluding hydrogens is 316 g/mol. The highest BCUT2D eigenvalue weighted by Gasteiger charge is 2.12. The Morgan fingerprint density at radius 2 is 1.96 bits per heavy atom. The Bertz CT molecular complexity index is 711. The van der Waals surface area contributed by atoms with Gasteiger partial charge in [0.15, 0.2) is 12.4 Å². The fourth-order valence-electron chi connectivity index (χ4n) is 1.78. The van der Waals surface area contributed by atoms with Crippen molar-refractivity contribution in [1.82, 2.24) is 10.9 Å². The molecule has 0 saturated heterocycles. The summed E-state index contributed by atoms with van der Waals surface area (Å²) >= 11 is 0. The summed E-state index contributed by atoms with van der Waals surface area (Å²) in [4.78, 5) is 34.7. The average Bonchev–Trinajstić information content (AvgIpc) is 3.12. The maximum Gasteiger partial charge on any atom is 0.310 e. The molecule has 0 aliphatic heterocycles. The Kier molecular flexibility index (Phi) is 5.95. The van der Waals surface area contributed by atoms with Crippen LogP contribution in [0.1, 0.15) is 16.1 Å². The number of benzene rings is 1. The van der Waals surface area contributed by atoms with Gasteiger partial charge in [-0.2, -0.15) is 0 Å². The molecule has 0 saturated carbocycles. The summed E-state index contributed by atoms with van der Waals surface area (Å²) in [5.74, 6) is -1.19. The monoisotopic (exact) mass is 332 g/mol. The zero-order valence-electron chi connectivity index (χ0n) is 12.9. The van der Waals surface area contributed by atoms with Crippen LogP contribution in [0.25, 0.3) is 0 Å². The Morgan fingerprint density at radius 3 is 2.67 bits per heavy atom. The average molecular weight is 332 g/mol. The topological polar surface area (TPSA) is 107 Å². The van der Waals surface area contributed by atoms with Crippen molar-refractivity contribution >= 4 is 17.8 Å². The Labute approximate surface area is 137 Å². The number of amides is 2. The number of hydrazine groups is 1. The van der Waals surface area contributed by atoms with E-state index in [1.165, 1.54) is 25.5 Å². The Hall–Kier alpha value is -3.29. The molecule has 2 N–H and O–H groups in total. The molecule has 0 aliphatic carbocycles. The number of hydrogen-bond acceptors (Lipinski definition) is 6. The van der Waals surface area contributed by atoms with Crippen LogP contribution in [0, 0.1) is 0 Å². The molecule has 24 heavy (non-hydrogen) atoms. The van der Waals surface area contributed by atoms with Crippen molar-refractivity contribution in [2.75, 3.05) is 13.7 Å². The second-order valence-corrected chi connectivity index (χ2v) is 4.67. The molecule has 2 amide bonds. The lowest BCUT2D eigenvalue weighted by molar-refractivity contribution is -0.148. The standard InChI is InChI=1S/C16H16N2O6/c1-22-12-5-2-4-11(8-12)9-15(20)24-10-14(19)17-18-16(21)13-6-3-7-23-13/h2-8H,9-10H2,1H3,(H,17,19)(H,18,21). The van der Waals surface area contributed by atoms with Gasteiger partial charge in [-0.3, -0.25) is 25.2 Å². The summed E-state index contributed by atoms with van der Waals surface area (Å²) in [6, 6.07) is 9.92. The minimum atomic E-state index is -0.672. The second-order valence-electron chi connectivity index (χ2n) is 4.67. The van der Waals surface area contributed by atoms with E-state index in [0.29, 0.717) is 11.3 Å². The van der Waals surface area contributed by atoms with Crippen molar-refractivity contribution in [3.63, 3.8) is 0 Å². The van der Waals surface area contributed by atoms with Crippen LogP contribution in [0.2, 0.25) is 0 Å². The van der Waals surface area contributed by atoms with Gasteiger partial charge in [0, 0.05) is 0 Å². The van der Waals surface area contributed by atoms with Gasteiger partial charge in [0.2, 0.25) is 0 Å². The molecule has 8 heteroatoms. The molecule has 8 nitrogen and oxygen atoms in total. The fourth-order valence-corrected chi connectivity index (χ4v) is 1.78. The SMILES string of the molecule is COc1cccc(CC(=O)OCC(=O)NNC(=O)c2ccco2)c1. The molecule has 0 bridgehead atoms. The fraction of sp³-hybridized carbons (Fsp3) is 0.188. The summed E-state index contributed by atoms with van der Waals surface area (Å²) in [6.45, 7) is -0.513. The van der Waals surface area contributed by atoms with Gasteiger partial charge in [-0.15, -0.1) is 0 Å². The summed E-state index contributed by atoms with van der Waals surface area (Å²) in [5, 5.41) is 0. The van der Waals surface area contributed by atoms with Crippen molar-refractivity contribution in [1.29, 1.82) is 0 Å². The number of ether oxygens (including phenoxy) is 2. The largest absolute Gasteiger partial charge is 0.497 e. The molecular formula is C16H16N2O6. The summed E-state index contributed by atoms with van der Waals surface area (Å²) in [6.07, 6.45) is 1.33. The molecule has 0 radical (unpaired) electrons. The van der Waals surface area contributed by atoms with Crippen LogP contribution >= 0.6 is 0 Å². The van der Waals surface area contributed by atoms with E-state index >= 15 is 0 Å².